The Morgan fingerprint density at radius 3 is 2.65 bits per heavy atom. The van der Waals surface area contributed by atoms with Gasteiger partial charge in [-0.3, -0.25) is 0 Å². The van der Waals surface area contributed by atoms with Gasteiger partial charge in [0, 0.05) is 22.6 Å². The molecule has 1 aromatic rings. The average molecular weight is 456 g/mol. The van der Waals surface area contributed by atoms with Crippen LogP contribution in [0.3, 0.4) is 0 Å². The third-order valence-corrected chi connectivity index (χ3v) is 2.91. The summed E-state index contributed by atoms with van der Waals surface area (Å²) in [5.41, 5.74) is 1.05. The molecule has 114 valence electrons. The van der Waals surface area contributed by atoms with E-state index in [0.29, 0.717) is 12.6 Å². The molecule has 0 atom stereocenters. The summed E-state index contributed by atoms with van der Waals surface area (Å²) in [6.07, 6.45) is 0. The van der Waals surface area contributed by atoms with Crippen molar-refractivity contribution in [1.29, 1.82) is 0 Å². The van der Waals surface area contributed by atoms with Crippen molar-refractivity contribution in [2.75, 3.05) is 13.7 Å². The first kappa shape index (κ1) is 19.5. The molecule has 1 aromatic carbocycles. The van der Waals surface area contributed by atoms with Crippen LogP contribution in [0.1, 0.15) is 26.3 Å². The number of methoxy groups -OCH3 is 1. The van der Waals surface area contributed by atoms with Crippen molar-refractivity contribution < 1.29 is 4.74 Å². The molecule has 4 nitrogen and oxygen atoms in total. The van der Waals surface area contributed by atoms with Gasteiger partial charge in [-0.2, -0.15) is 0 Å². The number of aliphatic imine (C=N–C) groups is 1. The SMILES string of the molecule is CCNC(=NCc1cc(Br)ccc1OC)NC(C)C.I. The van der Waals surface area contributed by atoms with Crippen LogP contribution in [0.25, 0.3) is 0 Å². The van der Waals surface area contributed by atoms with Gasteiger partial charge in [0.05, 0.1) is 13.7 Å². The van der Waals surface area contributed by atoms with Crippen molar-refractivity contribution in [1.82, 2.24) is 10.6 Å². The molecule has 0 aliphatic carbocycles. The number of hydrogen-bond acceptors (Lipinski definition) is 2. The fraction of sp³-hybridized carbons (Fsp3) is 0.500. The molecule has 0 spiro atoms. The normalized spacial score (nSPS) is 11.0. The number of rotatable bonds is 5. The van der Waals surface area contributed by atoms with E-state index in [1.54, 1.807) is 7.11 Å². The molecule has 0 bridgehead atoms. The molecule has 0 heterocycles. The van der Waals surface area contributed by atoms with Gasteiger partial charge in [-0.15, -0.1) is 24.0 Å². The lowest BCUT2D eigenvalue weighted by Gasteiger charge is -2.14. The topological polar surface area (TPSA) is 45.7 Å². The zero-order valence-corrected chi connectivity index (χ0v) is 16.3. The van der Waals surface area contributed by atoms with E-state index in [1.807, 2.05) is 18.2 Å². The molecular formula is C14H23BrIN3O. The molecule has 6 heteroatoms. The highest BCUT2D eigenvalue weighted by atomic mass is 127. The molecule has 2 N–H and O–H groups in total. The molecule has 0 aliphatic heterocycles. The molecule has 0 unspecified atom stereocenters. The highest BCUT2D eigenvalue weighted by Crippen LogP contribution is 2.23. The minimum absolute atomic E-state index is 0. The van der Waals surface area contributed by atoms with Gasteiger partial charge in [0.25, 0.3) is 0 Å². The lowest BCUT2D eigenvalue weighted by atomic mass is 10.2. The molecule has 0 saturated carbocycles. The van der Waals surface area contributed by atoms with Crippen LogP contribution in [0.4, 0.5) is 0 Å². The second kappa shape index (κ2) is 10.3. The fourth-order valence-corrected chi connectivity index (χ4v) is 2.04. The summed E-state index contributed by atoms with van der Waals surface area (Å²) >= 11 is 3.47. The van der Waals surface area contributed by atoms with Crippen LogP contribution in [0.15, 0.2) is 27.7 Å². The van der Waals surface area contributed by atoms with E-state index in [1.165, 1.54) is 0 Å². The summed E-state index contributed by atoms with van der Waals surface area (Å²) in [7, 11) is 1.67. The zero-order valence-electron chi connectivity index (χ0n) is 12.4. The summed E-state index contributed by atoms with van der Waals surface area (Å²) in [4.78, 5) is 4.57. The van der Waals surface area contributed by atoms with E-state index in [9.17, 15) is 0 Å². The second-order valence-electron chi connectivity index (χ2n) is 4.45. The minimum Gasteiger partial charge on any atom is -0.496 e. The van der Waals surface area contributed by atoms with Gasteiger partial charge in [-0.1, -0.05) is 15.9 Å². The summed E-state index contributed by atoms with van der Waals surface area (Å²) in [6.45, 7) is 7.65. The maximum atomic E-state index is 5.34. The third-order valence-electron chi connectivity index (χ3n) is 2.42. The van der Waals surface area contributed by atoms with Crippen LogP contribution in [0.2, 0.25) is 0 Å². The Kier molecular flexibility index (Phi) is 10.0. The van der Waals surface area contributed by atoms with Crippen molar-refractivity contribution in [2.45, 2.75) is 33.4 Å². The lowest BCUT2D eigenvalue weighted by Crippen LogP contribution is -2.41. The number of halogens is 2. The van der Waals surface area contributed by atoms with Crippen molar-refractivity contribution in [3.8, 4) is 5.75 Å². The van der Waals surface area contributed by atoms with E-state index in [4.69, 9.17) is 4.74 Å². The number of guanidine groups is 1. The Morgan fingerprint density at radius 2 is 2.10 bits per heavy atom. The lowest BCUT2D eigenvalue weighted by molar-refractivity contribution is 0.409. The van der Waals surface area contributed by atoms with Crippen molar-refractivity contribution >= 4 is 45.9 Å². The molecular weight excluding hydrogens is 433 g/mol. The van der Waals surface area contributed by atoms with Crippen molar-refractivity contribution in [3.63, 3.8) is 0 Å². The maximum Gasteiger partial charge on any atom is 0.191 e. The molecule has 0 fully saturated rings. The predicted octanol–water partition coefficient (Wildman–Crippen LogP) is 3.54. The van der Waals surface area contributed by atoms with Gasteiger partial charge < -0.3 is 15.4 Å². The number of ether oxygens (including phenoxy) is 1. The minimum atomic E-state index is 0. The van der Waals surface area contributed by atoms with Crippen LogP contribution in [-0.4, -0.2) is 25.7 Å². The monoisotopic (exact) mass is 455 g/mol. The molecule has 20 heavy (non-hydrogen) atoms. The van der Waals surface area contributed by atoms with E-state index in [0.717, 1.165) is 28.3 Å². The molecule has 0 saturated heterocycles. The number of nitrogens with zero attached hydrogens (tertiary/aromatic N) is 1. The van der Waals surface area contributed by atoms with Crippen molar-refractivity contribution in [2.24, 2.45) is 4.99 Å². The number of benzene rings is 1. The predicted molar refractivity (Wildman–Crippen MR) is 99.2 cm³/mol. The van der Waals surface area contributed by atoms with E-state index in [2.05, 4.69) is 52.3 Å². The second-order valence-corrected chi connectivity index (χ2v) is 5.37. The van der Waals surface area contributed by atoms with E-state index in [-0.39, 0.29) is 24.0 Å². The molecule has 0 radical (unpaired) electrons. The highest BCUT2D eigenvalue weighted by molar-refractivity contribution is 14.0. The average Bonchev–Trinajstić information content (AvgIpc) is 2.36. The first-order valence-corrected chi connectivity index (χ1v) is 7.23. The zero-order chi connectivity index (χ0) is 14.3. The number of nitrogens with one attached hydrogen (secondary N) is 2. The van der Waals surface area contributed by atoms with E-state index < -0.39 is 0 Å². The summed E-state index contributed by atoms with van der Waals surface area (Å²) in [5, 5.41) is 6.51. The van der Waals surface area contributed by atoms with Crippen molar-refractivity contribution in [3.05, 3.63) is 28.2 Å². The van der Waals surface area contributed by atoms with Crippen LogP contribution in [0.5, 0.6) is 5.75 Å². The van der Waals surface area contributed by atoms with Gasteiger partial charge in [0.15, 0.2) is 5.96 Å². The molecule has 1 rings (SSSR count). The van der Waals surface area contributed by atoms with Gasteiger partial charge in [0.2, 0.25) is 0 Å². The van der Waals surface area contributed by atoms with Gasteiger partial charge in [0.1, 0.15) is 5.75 Å². The smallest absolute Gasteiger partial charge is 0.191 e. The third kappa shape index (κ3) is 6.78. The van der Waals surface area contributed by atoms with Crippen LogP contribution < -0.4 is 15.4 Å². The summed E-state index contributed by atoms with van der Waals surface area (Å²) in [5.74, 6) is 1.67. The first-order chi connectivity index (χ1) is 9.06. The highest BCUT2D eigenvalue weighted by Gasteiger charge is 2.04. The maximum absolute atomic E-state index is 5.34. The molecule has 0 aliphatic rings. The Bertz CT molecular complexity index is 438. The molecule has 0 amide bonds. The van der Waals surface area contributed by atoms with Gasteiger partial charge in [-0.05, 0) is 39.0 Å². The number of hydrogen-bond donors (Lipinski definition) is 2. The molecule has 0 aromatic heterocycles. The fourth-order valence-electron chi connectivity index (χ4n) is 1.63. The Labute approximate surface area is 146 Å². The van der Waals surface area contributed by atoms with Gasteiger partial charge >= 0.3 is 0 Å². The van der Waals surface area contributed by atoms with Crippen LogP contribution in [0, 0.1) is 0 Å². The Morgan fingerprint density at radius 1 is 1.40 bits per heavy atom. The van der Waals surface area contributed by atoms with Gasteiger partial charge in [-0.25, -0.2) is 4.99 Å². The first-order valence-electron chi connectivity index (χ1n) is 6.44. The largest absolute Gasteiger partial charge is 0.496 e. The van der Waals surface area contributed by atoms with Crippen LogP contribution in [-0.2, 0) is 6.54 Å². The quantitative estimate of drug-likeness (QED) is 0.405. The summed E-state index contributed by atoms with van der Waals surface area (Å²) < 4.78 is 6.37. The van der Waals surface area contributed by atoms with Crippen LogP contribution >= 0.6 is 39.9 Å². The Hall–Kier alpha value is -0.500. The standard InChI is InChI=1S/C14H22BrN3O.HI/c1-5-16-14(18-10(2)3)17-9-11-8-12(15)6-7-13(11)19-4;/h6-8,10H,5,9H2,1-4H3,(H2,16,17,18);1H. The summed E-state index contributed by atoms with van der Waals surface area (Å²) in [6, 6.07) is 6.28. The Balaban J connectivity index is 0.00000361. The van der Waals surface area contributed by atoms with E-state index >= 15 is 0 Å².